The van der Waals surface area contributed by atoms with Crippen LogP contribution in [0.1, 0.15) is 26.7 Å². The number of halogens is 2. The van der Waals surface area contributed by atoms with E-state index in [0.717, 1.165) is 31.7 Å². The monoisotopic (exact) mass is 420 g/mol. The van der Waals surface area contributed by atoms with E-state index in [4.69, 9.17) is 10.5 Å². The fourth-order valence-electron chi connectivity index (χ4n) is 2.52. The third kappa shape index (κ3) is 8.79. The molecule has 1 aliphatic rings. The van der Waals surface area contributed by atoms with Crippen molar-refractivity contribution >= 4 is 48.0 Å². The third-order valence-corrected chi connectivity index (χ3v) is 4.20. The van der Waals surface area contributed by atoms with Gasteiger partial charge in [-0.15, -0.1) is 24.8 Å². The molecule has 0 radical (unpaired) electrons. The van der Waals surface area contributed by atoms with Gasteiger partial charge in [-0.3, -0.25) is 9.59 Å². The summed E-state index contributed by atoms with van der Waals surface area (Å²) in [5.41, 5.74) is 7.43. The average molecular weight is 421 g/mol. The largest absolute Gasteiger partial charge is 0.382 e. The van der Waals surface area contributed by atoms with Gasteiger partial charge in [-0.1, -0.05) is 13.8 Å². The molecule has 5 N–H and O–H groups in total. The first kappa shape index (κ1) is 25.5. The summed E-state index contributed by atoms with van der Waals surface area (Å²) in [4.78, 5) is 23.7. The number of carbonyl (C=O) groups is 2. The van der Waals surface area contributed by atoms with Crippen LogP contribution in [0.25, 0.3) is 0 Å². The van der Waals surface area contributed by atoms with Crippen molar-refractivity contribution in [2.75, 3.05) is 30.4 Å². The van der Waals surface area contributed by atoms with Crippen molar-refractivity contribution in [1.29, 1.82) is 0 Å². The molecule has 0 bridgehead atoms. The Labute approximate surface area is 173 Å². The normalized spacial score (nSPS) is 15.1. The van der Waals surface area contributed by atoms with Crippen LogP contribution < -0.4 is 21.7 Å². The summed E-state index contributed by atoms with van der Waals surface area (Å²) in [6.07, 6.45) is 1.99. The van der Waals surface area contributed by atoms with Gasteiger partial charge in [0.15, 0.2) is 0 Å². The van der Waals surface area contributed by atoms with Gasteiger partial charge in [-0.2, -0.15) is 0 Å². The van der Waals surface area contributed by atoms with Crippen LogP contribution in [-0.4, -0.2) is 43.7 Å². The second-order valence-corrected chi connectivity index (χ2v) is 6.64. The Bertz CT molecular complexity index is 578. The average Bonchev–Trinajstić information content (AvgIpc) is 2.61. The molecular weight excluding hydrogens is 391 g/mol. The van der Waals surface area contributed by atoms with Gasteiger partial charge >= 0.3 is 0 Å². The summed E-state index contributed by atoms with van der Waals surface area (Å²) in [6, 6.07) is 7.34. The third-order valence-electron chi connectivity index (χ3n) is 4.20. The maximum atomic E-state index is 11.9. The number of rotatable bonds is 7. The van der Waals surface area contributed by atoms with E-state index in [9.17, 15) is 9.59 Å². The Balaban J connectivity index is 0.00000338. The SMILES string of the molecule is CC(C)[C@H](N)C(=O)NCC(=O)Nc1ccc(NC2CCOCC2)cc1.Cl.Cl. The van der Waals surface area contributed by atoms with Crippen molar-refractivity contribution in [3.05, 3.63) is 24.3 Å². The zero-order valence-corrected chi connectivity index (χ0v) is 17.3. The molecule has 27 heavy (non-hydrogen) atoms. The van der Waals surface area contributed by atoms with Crippen molar-refractivity contribution < 1.29 is 14.3 Å². The maximum Gasteiger partial charge on any atom is 0.243 e. The lowest BCUT2D eigenvalue weighted by Crippen LogP contribution is -2.46. The van der Waals surface area contributed by atoms with E-state index in [1.807, 2.05) is 38.1 Å². The van der Waals surface area contributed by atoms with Gasteiger partial charge in [0.2, 0.25) is 11.8 Å². The lowest BCUT2D eigenvalue weighted by molar-refractivity contribution is -0.125. The van der Waals surface area contributed by atoms with Gasteiger partial charge < -0.3 is 26.4 Å². The molecule has 0 aromatic heterocycles. The minimum atomic E-state index is -0.608. The number of benzene rings is 1. The topological polar surface area (TPSA) is 105 Å². The van der Waals surface area contributed by atoms with Crippen LogP contribution in [0.5, 0.6) is 0 Å². The van der Waals surface area contributed by atoms with Crippen LogP contribution in [0.4, 0.5) is 11.4 Å². The van der Waals surface area contributed by atoms with Crippen LogP contribution in [-0.2, 0) is 14.3 Å². The van der Waals surface area contributed by atoms with Crippen LogP contribution in [0.3, 0.4) is 0 Å². The number of amides is 2. The molecule has 1 aliphatic heterocycles. The molecular formula is C18H30Cl2N4O3. The van der Waals surface area contributed by atoms with Crippen LogP contribution in [0.2, 0.25) is 0 Å². The summed E-state index contributed by atoms with van der Waals surface area (Å²) >= 11 is 0. The first-order chi connectivity index (χ1) is 12.0. The highest BCUT2D eigenvalue weighted by molar-refractivity contribution is 5.95. The lowest BCUT2D eigenvalue weighted by Gasteiger charge is -2.24. The summed E-state index contributed by atoms with van der Waals surface area (Å²) in [6.45, 7) is 5.21. The number of nitrogens with one attached hydrogen (secondary N) is 3. The molecule has 1 fully saturated rings. The van der Waals surface area contributed by atoms with E-state index in [-0.39, 0.29) is 49.1 Å². The summed E-state index contributed by atoms with van der Waals surface area (Å²) in [7, 11) is 0. The van der Waals surface area contributed by atoms with Gasteiger partial charge in [0.05, 0.1) is 12.6 Å². The number of ether oxygens (including phenoxy) is 1. The Hall–Kier alpha value is -1.54. The number of carbonyl (C=O) groups excluding carboxylic acids is 2. The molecule has 2 rings (SSSR count). The lowest BCUT2D eigenvalue weighted by atomic mass is 10.1. The smallest absolute Gasteiger partial charge is 0.243 e. The first-order valence-corrected chi connectivity index (χ1v) is 8.73. The van der Waals surface area contributed by atoms with Gasteiger partial charge in [0.1, 0.15) is 0 Å². The number of nitrogens with two attached hydrogens (primary N) is 1. The first-order valence-electron chi connectivity index (χ1n) is 8.73. The highest BCUT2D eigenvalue weighted by Gasteiger charge is 2.17. The van der Waals surface area contributed by atoms with Gasteiger partial charge in [-0.05, 0) is 43.0 Å². The Morgan fingerprint density at radius 2 is 1.67 bits per heavy atom. The number of anilines is 2. The van der Waals surface area contributed by atoms with Crippen LogP contribution in [0, 0.1) is 5.92 Å². The molecule has 1 aromatic rings. The molecule has 0 spiro atoms. The molecule has 7 nitrogen and oxygen atoms in total. The molecule has 0 unspecified atom stereocenters. The zero-order valence-electron chi connectivity index (χ0n) is 15.7. The highest BCUT2D eigenvalue weighted by Crippen LogP contribution is 2.17. The van der Waals surface area contributed by atoms with Crippen molar-refractivity contribution in [1.82, 2.24) is 5.32 Å². The second-order valence-electron chi connectivity index (χ2n) is 6.64. The second kappa shape index (κ2) is 12.8. The Kier molecular flexibility index (Phi) is 12.0. The summed E-state index contributed by atoms with van der Waals surface area (Å²) < 4.78 is 5.34. The van der Waals surface area contributed by atoms with E-state index >= 15 is 0 Å². The maximum absolute atomic E-state index is 11.9. The van der Waals surface area contributed by atoms with Gasteiger partial charge in [0.25, 0.3) is 0 Å². The van der Waals surface area contributed by atoms with Crippen molar-refractivity contribution in [2.45, 2.75) is 38.8 Å². The number of hydrogen-bond acceptors (Lipinski definition) is 5. The highest BCUT2D eigenvalue weighted by atomic mass is 35.5. The predicted octanol–water partition coefficient (Wildman–Crippen LogP) is 2.16. The Morgan fingerprint density at radius 1 is 1.11 bits per heavy atom. The minimum absolute atomic E-state index is 0. The molecule has 1 saturated heterocycles. The fourth-order valence-corrected chi connectivity index (χ4v) is 2.52. The van der Waals surface area contributed by atoms with E-state index in [1.165, 1.54) is 0 Å². The molecule has 9 heteroatoms. The van der Waals surface area contributed by atoms with Crippen molar-refractivity contribution in [3.63, 3.8) is 0 Å². The molecule has 154 valence electrons. The molecule has 0 saturated carbocycles. The molecule has 2 amide bonds. The van der Waals surface area contributed by atoms with Crippen LogP contribution >= 0.6 is 24.8 Å². The zero-order chi connectivity index (χ0) is 18.2. The predicted molar refractivity (Wildman–Crippen MR) is 113 cm³/mol. The molecule has 1 atom stereocenters. The van der Waals surface area contributed by atoms with Gasteiger partial charge in [-0.25, -0.2) is 0 Å². The number of hydrogen-bond donors (Lipinski definition) is 4. The fraction of sp³-hybridized carbons (Fsp3) is 0.556. The van der Waals surface area contributed by atoms with E-state index in [1.54, 1.807) is 0 Å². The van der Waals surface area contributed by atoms with E-state index < -0.39 is 6.04 Å². The van der Waals surface area contributed by atoms with Crippen molar-refractivity contribution in [3.8, 4) is 0 Å². The van der Waals surface area contributed by atoms with Gasteiger partial charge in [0, 0.05) is 30.6 Å². The summed E-state index contributed by atoms with van der Waals surface area (Å²) in [5.74, 6) is -0.575. The standard InChI is InChI=1S/C18H28N4O3.2ClH/c1-12(2)17(19)18(24)20-11-16(23)22-14-5-3-13(4-6-14)21-15-7-9-25-10-8-15;;/h3-6,12,15,17,21H,7-11,19H2,1-2H3,(H,20,24)(H,22,23);2*1H/t17-;;/m0../s1. The minimum Gasteiger partial charge on any atom is -0.382 e. The van der Waals surface area contributed by atoms with Crippen LogP contribution in [0.15, 0.2) is 24.3 Å². The van der Waals surface area contributed by atoms with E-state index in [0.29, 0.717) is 11.7 Å². The quantitative estimate of drug-likeness (QED) is 0.540. The summed E-state index contributed by atoms with van der Waals surface area (Å²) in [5, 5.41) is 8.76. The molecule has 0 aliphatic carbocycles. The molecule has 1 aromatic carbocycles. The Morgan fingerprint density at radius 3 is 2.22 bits per heavy atom. The van der Waals surface area contributed by atoms with Crippen molar-refractivity contribution in [2.24, 2.45) is 11.7 Å². The van der Waals surface area contributed by atoms with E-state index in [2.05, 4.69) is 16.0 Å². The molecule has 1 heterocycles.